The molecule has 4 rings (SSSR count). The van der Waals surface area contributed by atoms with E-state index in [1.165, 1.54) is 37.4 Å². The third-order valence-electron chi connectivity index (χ3n) is 4.67. The average Bonchev–Trinajstić information content (AvgIpc) is 2.83. The van der Waals surface area contributed by atoms with Crippen molar-refractivity contribution in [2.24, 2.45) is 0 Å². The van der Waals surface area contributed by atoms with Gasteiger partial charge in [-0.3, -0.25) is 0 Å². The number of ether oxygens (including phenoxy) is 1. The first kappa shape index (κ1) is 20.5. The van der Waals surface area contributed by atoms with Crippen molar-refractivity contribution in [1.82, 2.24) is 15.0 Å². The van der Waals surface area contributed by atoms with Gasteiger partial charge >= 0.3 is 5.97 Å². The Morgan fingerprint density at radius 3 is 1.88 bits per heavy atom. The molecule has 1 heterocycles. The number of aromatic hydroxyl groups is 2. The quantitative estimate of drug-likeness (QED) is 0.471. The Labute approximate surface area is 183 Å². The summed E-state index contributed by atoms with van der Waals surface area (Å²) in [7, 11) is 1.25. The van der Waals surface area contributed by atoms with Crippen molar-refractivity contribution >= 4 is 5.97 Å². The van der Waals surface area contributed by atoms with Gasteiger partial charge in [-0.2, -0.15) is 5.26 Å². The van der Waals surface area contributed by atoms with Gasteiger partial charge in [0, 0.05) is 5.56 Å². The van der Waals surface area contributed by atoms with Crippen LogP contribution >= 0.6 is 0 Å². The molecule has 0 spiro atoms. The van der Waals surface area contributed by atoms with E-state index in [4.69, 9.17) is 4.74 Å². The molecular formula is C24H16N4O4. The number of rotatable bonds is 4. The predicted octanol–water partition coefficient (Wildman–Crippen LogP) is 3.94. The summed E-state index contributed by atoms with van der Waals surface area (Å²) < 4.78 is 4.78. The molecule has 8 nitrogen and oxygen atoms in total. The summed E-state index contributed by atoms with van der Waals surface area (Å²) in [6.45, 7) is 0. The van der Waals surface area contributed by atoms with Crippen molar-refractivity contribution in [3.05, 3.63) is 77.9 Å². The number of hydrogen-bond donors (Lipinski definition) is 2. The number of esters is 1. The van der Waals surface area contributed by atoms with E-state index in [0.717, 1.165) is 0 Å². The second kappa shape index (κ2) is 8.53. The van der Waals surface area contributed by atoms with Crippen LogP contribution in [0.3, 0.4) is 0 Å². The van der Waals surface area contributed by atoms with Gasteiger partial charge in [0.25, 0.3) is 0 Å². The molecule has 0 atom stereocenters. The lowest BCUT2D eigenvalue weighted by molar-refractivity contribution is 0.0600. The van der Waals surface area contributed by atoms with Crippen LogP contribution in [0.1, 0.15) is 15.9 Å². The van der Waals surface area contributed by atoms with Crippen LogP contribution in [0.15, 0.2) is 66.7 Å². The normalized spacial score (nSPS) is 10.4. The number of hydrogen-bond acceptors (Lipinski definition) is 8. The highest BCUT2D eigenvalue weighted by Crippen LogP contribution is 2.32. The van der Waals surface area contributed by atoms with Crippen molar-refractivity contribution in [3.8, 4) is 51.7 Å². The molecule has 2 N–H and O–H groups in total. The number of nitrogens with zero attached hydrogens (tertiary/aromatic N) is 4. The molecular weight excluding hydrogens is 408 g/mol. The Kier molecular flexibility index (Phi) is 5.47. The third kappa shape index (κ3) is 3.95. The van der Waals surface area contributed by atoms with Crippen molar-refractivity contribution in [2.75, 3.05) is 7.11 Å². The molecule has 32 heavy (non-hydrogen) atoms. The number of carbonyl (C=O) groups is 1. The first-order chi connectivity index (χ1) is 15.5. The second-order valence-electron chi connectivity index (χ2n) is 6.74. The maximum atomic E-state index is 12.1. The van der Waals surface area contributed by atoms with E-state index in [0.29, 0.717) is 16.7 Å². The van der Waals surface area contributed by atoms with E-state index >= 15 is 0 Å². The van der Waals surface area contributed by atoms with Gasteiger partial charge in [-0.25, -0.2) is 19.7 Å². The molecule has 8 heteroatoms. The van der Waals surface area contributed by atoms with Crippen molar-refractivity contribution in [1.29, 1.82) is 5.26 Å². The summed E-state index contributed by atoms with van der Waals surface area (Å²) in [4.78, 5) is 25.5. The lowest BCUT2D eigenvalue weighted by atomic mass is 10.1. The van der Waals surface area contributed by atoms with Crippen LogP contribution in [0.2, 0.25) is 0 Å². The summed E-state index contributed by atoms with van der Waals surface area (Å²) in [5.74, 6) is -0.206. The van der Waals surface area contributed by atoms with E-state index in [1.54, 1.807) is 36.4 Å². The minimum Gasteiger partial charge on any atom is -0.507 e. The lowest BCUT2D eigenvalue weighted by Crippen LogP contribution is -2.04. The summed E-state index contributed by atoms with van der Waals surface area (Å²) >= 11 is 0. The minimum absolute atomic E-state index is 0.0334. The topological polar surface area (TPSA) is 129 Å². The highest BCUT2D eigenvalue weighted by atomic mass is 16.5. The summed E-state index contributed by atoms with van der Waals surface area (Å²) in [6, 6.07) is 19.5. The van der Waals surface area contributed by atoms with Crippen molar-refractivity contribution in [2.45, 2.75) is 0 Å². The van der Waals surface area contributed by atoms with Gasteiger partial charge < -0.3 is 14.9 Å². The van der Waals surface area contributed by atoms with Crippen LogP contribution in [0.5, 0.6) is 11.5 Å². The Morgan fingerprint density at radius 2 is 1.38 bits per heavy atom. The van der Waals surface area contributed by atoms with Gasteiger partial charge in [-0.15, -0.1) is 0 Å². The van der Waals surface area contributed by atoms with Crippen LogP contribution in [0.4, 0.5) is 0 Å². The van der Waals surface area contributed by atoms with E-state index in [9.17, 15) is 20.3 Å². The van der Waals surface area contributed by atoms with Crippen molar-refractivity contribution in [3.63, 3.8) is 0 Å². The van der Waals surface area contributed by atoms with Crippen LogP contribution in [0, 0.1) is 11.3 Å². The van der Waals surface area contributed by atoms with E-state index in [1.807, 2.05) is 6.07 Å². The van der Waals surface area contributed by atoms with Gasteiger partial charge in [0.2, 0.25) is 0 Å². The van der Waals surface area contributed by atoms with E-state index < -0.39 is 5.97 Å². The fraction of sp³-hybridized carbons (Fsp3) is 0.0417. The SMILES string of the molecule is COC(=O)c1cc(C#N)cc(-c2nc(-c3ccccc3O)nc(-c3ccccc3O)n2)c1. The highest BCUT2D eigenvalue weighted by molar-refractivity contribution is 5.91. The molecule has 0 bridgehead atoms. The van der Waals surface area contributed by atoms with E-state index in [2.05, 4.69) is 15.0 Å². The molecule has 0 radical (unpaired) electrons. The molecule has 3 aromatic carbocycles. The van der Waals surface area contributed by atoms with Gasteiger partial charge in [-0.05, 0) is 42.5 Å². The molecule has 4 aromatic rings. The molecule has 0 aliphatic rings. The number of phenolic OH excluding ortho intramolecular Hbond substituents is 2. The summed E-state index contributed by atoms with van der Waals surface area (Å²) in [5.41, 5.74) is 1.47. The van der Waals surface area contributed by atoms with Crippen LogP contribution in [-0.4, -0.2) is 38.2 Å². The number of phenols is 2. The molecule has 0 amide bonds. The molecule has 0 aliphatic carbocycles. The Hall–Kier alpha value is -4.77. The highest BCUT2D eigenvalue weighted by Gasteiger charge is 2.18. The second-order valence-corrected chi connectivity index (χ2v) is 6.74. The molecule has 0 saturated carbocycles. The van der Waals surface area contributed by atoms with E-state index in [-0.39, 0.29) is 40.1 Å². The third-order valence-corrected chi connectivity index (χ3v) is 4.67. The zero-order valence-corrected chi connectivity index (χ0v) is 16.9. The fourth-order valence-electron chi connectivity index (χ4n) is 3.13. The van der Waals surface area contributed by atoms with Crippen LogP contribution in [-0.2, 0) is 4.74 Å². The number of methoxy groups -OCH3 is 1. The molecule has 0 unspecified atom stereocenters. The molecule has 156 valence electrons. The molecule has 0 fully saturated rings. The van der Waals surface area contributed by atoms with Gasteiger partial charge in [-0.1, -0.05) is 24.3 Å². The van der Waals surface area contributed by atoms with Crippen LogP contribution in [0.25, 0.3) is 34.2 Å². The maximum absolute atomic E-state index is 12.1. The van der Waals surface area contributed by atoms with Gasteiger partial charge in [0.05, 0.1) is 35.4 Å². The number of benzene rings is 3. The zero-order valence-electron chi connectivity index (χ0n) is 16.9. The predicted molar refractivity (Wildman–Crippen MR) is 116 cm³/mol. The van der Waals surface area contributed by atoms with Crippen LogP contribution < -0.4 is 0 Å². The van der Waals surface area contributed by atoms with Gasteiger partial charge in [0.1, 0.15) is 11.5 Å². The first-order valence-electron chi connectivity index (χ1n) is 9.47. The first-order valence-corrected chi connectivity index (χ1v) is 9.47. The zero-order chi connectivity index (χ0) is 22.7. The Morgan fingerprint density at radius 1 is 0.844 bits per heavy atom. The molecule has 0 aliphatic heterocycles. The fourth-order valence-corrected chi connectivity index (χ4v) is 3.13. The monoisotopic (exact) mass is 424 g/mol. The number of carbonyl (C=O) groups excluding carboxylic acids is 1. The average molecular weight is 424 g/mol. The summed E-state index contributed by atoms with van der Waals surface area (Å²) in [6.07, 6.45) is 0. The number of para-hydroxylation sites is 2. The lowest BCUT2D eigenvalue weighted by Gasteiger charge is -2.11. The number of aromatic nitrogens is 3. The van der Waals surface area contributed by atoms with Crippen molar-refractivity contribution < 1.29 is 19.7 Å². The molecule has 1 aromatic heterocycles. The number of nitriles is 1. The molecule has 0 saturated heterocycles. The smallest absolute Gasteiger partial charge is 0.337 e. The standard InChI is InChI=1S/C24H16N4O4/c1-32-24(31)16-11-14(13-25)10-15(12-16)21-26-22(17-6-2-4-8-19(17)29)28-23(27-21)18-7-3-5-9-20(18)30/h2-12,29-30H,1H3. The summed E-state index contributed by atoms with van der Waals surface area (Å²) in [5, 5.41) is 30.0. The Balaban J connectivity index is 1.99. The maximum Gasteiger partial charge on any atom is 0.337 e. The van der Waals surface area contributed by atoms with Gasteiger partial charge in [0.15, 0.2) is 17.5 Å². The minimum atomic E-state index is -0.612. The Bertz CT molecular complexity index is 1320. The largest absolute Gasteiger partial charge is 0.507 e.